The molecule has 0 amide bonds. The quantitative estimate of drug-likeness (QED) is 0.685. The van der Waals surface area contributed by atoms with Crippen LogP contribution in [0.3, 0.4) is 0 Å². The maximum absolute atomic E-state index is 9.58. The van der Waals surface area contributed by atoms with Gasteiger partial charge in [-0.2, -0.15) is 0 Å². The number of phenolic OH excluding ortho intramolecular Hbond substituents is 1. The molecule has 1 atom stereocenters. The number of benzene rings is 1. The lowest BCUT2D eigenvalue weighted by atomic mass is 10.1. The van der Waals surface area contributed by atoms with Crippen molar-refractivity contribution in [3.8, 4) is 5.75 Å². The number of hydrogen-bond acceptors (Lipinski definition) is 2. The second-order valence-electron chi connectivity index (χ2n) is 3.42. The molecular weight excluding hydrogens is 162 g/mol. The second-order valence-corrected chi connectivity index (χ2v) is 3.42. The minimum Gasteiger partial charge on any atom is -0.507 e. The number of nitrogens with one attached hydrogen (secondary N) is 1. The van der Waals surface area contributed by atoms with Gasteiger partial charge in [-0.1, -0.05) is 18.2 Å². The van der Waals surface area contributed by atoms with E-state index in [9.17, 15) is 5.11 Å². The van der Waals surface area contributed by atoms with Crippen LogP contribution in [-0.2, 0) is 0 Å². The zero-order chi connectivity index (χ0) is 9.26. The highest BCUT2D eigenvalue weighted by Crippen LogP contribution is 2.26. The molecule has 0 bridgehead atoms. The maximum atomic E-state index is 9.58. The molecule has 2 rings (SSSR count). The highest BCUT2D eigenvalue weighted by atomic mass is 16.3. The van der Waals surface area contributed by atoms with Gasteiger partial charge in [-0.05, 0) is 25.5 Å². The third-order valence-corrected chi connectivity index (χ3v) is 2.27. The van der Waals surface area contributed by atoms with Crippen LogP contribution in [0.1, 0.15) is 18.9 Å². The predicted molar refractivity (Wildman–Crippen MR) is 53.3 cm³/mol. The summed E-state index contributed by atoms with van der Waals surface area (Å²) in [6.07, 6.45) is 3.16. The van der Waals surface area contributed by atoms with Gasteiger partial charge in [-0.3, -0.25) is 0 Å². The fourth-order valence-corrected chi connectivity index (χ4v) is 1.57. The van der Waals surface area contributed by atoms with Crippen LogP contribution < -0.4 is 5.32 Å². The Bertz CT molecular complexity index is 344. The van der Waals surface area contributed by atoms with Crippen molar-refractivity contribution in [2.75, 3.05) is 0 Å². The van der Waals surface area contributed by atoms with Gasteiger partial charge in [0.2, 0.25) is 0 Å². The van der Waals surface area contributed by atoms with Gasteiger partial charge < -0.3 is 10.4 Å². The first-order valence-corrected chi connectivity index (χ1v) is 4.52. The van der Waals surface area contributed by atoms with Crippen molar-refractivity contribution in [3.63, 3.8) is 0 Å². The molecule has 0 spiro atoms. The number of rotatable bonds is 1. The number of phenols is 1. The molecular formula is C11H13NO. The van der Waals surface area contributed by atoms with Crippen LogP contribution in [0.15, 0.2) is 30.3 Å². The molecule has 13 heavy (non-hydrogen) atoms. The lowest BCUT2D eigenvalue weighted by molar-refractivity contribution is 0.473. The first kappa shape index (κ1) is 8.17. The molecule has 68 valence electrons. The lowest BCUT2D eigenvalue weighted by Crippen LogP contribution is -2.17. The van der Waals surface area contributed by atoms with Crippen LogP contribution in [0.2, 0.25) is 0 Å². The van der Waals surface area contributed by atoms with Crippen molar-refractivity contribution >= 4 is 5.70 Å². The molecule has 2 heteroatoms. The van der Waals surface area contributed by atoms with E-state index in [1.54, 1.807) is 6.07 Å². The minimum atomic E-state index is 0.343. The molecule has 1 aromatic carbocycles. The van der Waals surface area contributed by atoms with Gasteiger partial charge in [0.05, 0.1) is 0 Å². The highest BCUT2D eigenvalue weighted by Gasteiger charge is 2.14. The second kappa shape index (κ2) is 3.13. The molecule has 1 unspecified atom stereocenters. The predicted octanol–water partition coefficient (Wildman–Crippen LogP) is 2.11. The van der Waals surface area contributed by atoms with Crippen molar-refractivity contribution < 1.29 is 5.11 Å². The summed E-state index contributed by atoms with van der Waals surface area (Å²) in [5.41, 5.74) is 1.94. The fraction of sp³-hybridized carbons (Fsp3) is 0.273. The average Bonchev–Trinajstić information content (AvgIpc) is 2.53. The summed E-state index contributed by atoms with van der Waals surface area (Å²) in [4.78, 5) is 0. The SMILES string of the molecule is CC1CC=C(c2ccccc2O)N1. The first-order chi connectivity index (χ1) is 6.27. The number of hydrogen-bond donors (Lipinski definition) is 2. The van der Waals surface area contributed by atoms with E-state index in [-0.39, 0.29) is 0 Å². The lowest BCUT2D eigenvalue weighted by Gasteiger charge is -2.09. The minimum absolute atomic E-state index is 0.343. The van der Waals surface area contributed by atoms with E-state index in [1.165, 1.54) is 0 Å². The number of para-hydroxylation sites is 1. The Labute approximate surface area is 77.9 Å². The Morgan fingerprint density at radius 1 is 1.38 bits per heavy atom. The van der Waals surface area contributed by atoms with E-state index >= 15 is 0 Å². The van der Waals surface area contributed by atoms with Gasteiger partial charge in [-0.15, -0.1) is 0 Å². The van der Waals surface area contributed by atoms with E-state index in [0.717, 1.165) is 17.7 Å². The Morgan fingerprint density at radius 3 is 2.77 bits per heavy atom. The van der Waals surface area contributed by atoms with Crippen molar-refractivity contribution in [2.45, 2.75) is 19.4 Å². The van der Waals surface area contributed by atoms with Crippen molar-refractivity contribution in [2.24, 2.45) is 0 Å². The standard InChI is InChI=1S/C11H13NO/c1-8-6-7-10(12-8)9-4-2-3-5-11(9)13/h2-5,7-8,12-13H,6H2,1H3. The molecule has 2 N–H and O–H groups in total. The summed E-state index contributed by atoms with van der Waals surface area (Å²) in [6, 6.07) is 7.88. The molecule has 0 fully saturated rings. The Hall–Kier alpha value is -1.44. The summed E-state index contributed by atoms with van der Waals surface area (Å²) in [6.45, 7) is 2.13. The van der Waals surface area contributed by atoms with Crippen LogP contribution in [0.5, 0.6) is 5.75 Å². The van der Waals surface area contributed by atoms with E-state index in [0.29, 0.717) is 11.8 Å². The largest absolute Gasteiger partial charge is 0.507 e. The van der Waals surface area contributed by atoms with Crippen LogP contribution >= 0.6 is 0 Å². The monoisotopic (exact) mass is 175 g/mol. The van der Waals surface area contributed by atoms with Gasteiger partial charge in [0, 0.05) is 17.3 Å². The molecule has 0 aromatic heterocycles. The smallest absolute Gasteiger partial charge is 0.124 e. The third-order valence-electron chi connectivity index (χ3n) is 2.27. The summed E-state index contributed by atoms with van der Waals surface area (Å²) in [7, 11) is 0. The highest BCUT2D eigenvalue weighted by molar-refractivity contribution is 5.70. The summed E-state index contributed by atoms with van der Waals surface area (Å²) >= 11 is 0. The van der Waals surface area contributed by atoms with Crippen LogP contribution in [-0.4, -0.2) is 11.1 Å². The van der Waals surface area contributed by atoms with Crippen LogP contribution in [0, 0.1) is 0 Å². The summed E-state index contributed by atoms with van der Waals surface area (Å²) < 4.78 is 0. The molecule has 0 saturated heterocycles. The van der Waals surface area contributed by atoms with Gasteiger partial charge in [0.25, 0.3) is 0 Å². The van der Waals surface area contributed by atoms with Crippen LogP contribution in [0.25, 0.3) is 5.70 Å². The van der Waals surface area contributed by atoms with Crippen molar-refractivity contribution in [1.29, 1.82) is 0 Å². The number of aromatic hydroxyl groups is 1. The normalized spacial score (nSPS) is 21.0. The summed E-state index contributed by atoms with van der Waals surface area (Å²) in [5, 5.41) is 12.9. The van der Waals surface area contributed by atoms with E-state index in [2.05, 4.69) is 18.3 Å². The summed E-state index contributed by atoms with van der Waals surface area (Å²) in [5.74, 6) is 0.343. The van der Waals surface area contributed by atoms with Gasteiger partial charge >= 0.3 is 0 Å². The molecule has 0 saturated carbocycles. The third kappa shape index (κ3) is 1.52. The topological polar surface area (TPSA) is 32.3 Å². The molecule has 2 nitrogen and oxygen atoms in total. The van der Waals surface area contributed by atoms with E-state index in [4.69, 9.17) is 0 Å². The van der Waals surface area contributed by atoms with Gasteiger partial charge in [0.1, 0.15) is 5.75 Å². The van der Waals surface area contributed by atoms with Crippen LogP contribution in [0.4, 0.5) is 0 Å². The molecule has 1 aliphatic rings. The van der Waals surface area contributed by atoms with Crippen molar-refractivity contribution in [3.05, 3.63) is 35.9 Å². The van der Waals surface area contributed by atoms with E-state index in [1.807, 2.05) is 18.2 Å². The Morgan fingerprint density at radius 2 is 2.15 bits per heavy atom. The van der Waals surface area contributed by atoms with Crippen molar-refractivity contribution in [1.82, 2.24) is 5.32 Å². The molecule has 0 aliphatic carbocycles. The maximum Gasteiger partial charge on any atom is 0.124 e. The zero-order valence-corrected chi connectivity index (χ0v) is 7.62. The van der Waals surface area contributed by atoms with Gasteiger partial charge in [0.15, 0.2) is 0 Å². The molecule has 1 aromatic rings. The van der Waals surface area contributed by atoms with Gasteiger partial charge in [-0.25, -0.2) is 0 Å². The Kier molecular flexibility index (Phi) is 1.97. The van der Waals surface area contributed by atoms with E-state index < -0.39 is 0 Å². The average molecular weight is 175 g/mol. The molecule has 1 heterocycles. The zero-order valence-electron chi connectivity index (χ0n) is 7.62. The fourth-order valence-electron chi connectivity index (χ4n) is 1.57. The first-order valence-electron chi connectivity index (χ1n) is 4.52. The molecule has 0 radical (unpaired) electrons. The molecule has 1 aliphatic heterocycles. The Balaban J connectivity index is 2.31.